The molecule has 2 aromatic heterocycles. The number of thiazole rings is 1. The lowest BCUT2D eigenvalue weighted by atomic mass is 9.90. The second kappa shape index (κ2) is 13.1. The Kier molecular flexibility index (Phi) is 7.63. The van der Waals surface area contributed by atoms with Gasteiger partial charge in [0.15, 0.2) is 17.5 Å². The predicted octanol–water partition coefficient (Wildman–Crippen LogP) is 12.8. The van der Waals surface area contributed by atoms with Crippen molar-refractivity contribution < 1.29 is 0 Å². The van der Waals surface area contributed by atoms with Crippen LogP contribution < -0.4 is 0 Å². The number of benzene rings is 8. The fourth-order valence-corrected chi connectivity index (χ4v) is 8.13. The molecule has 2 heterocycles. The molecule has 0 atom stereocenters. The average molecular weight is 695 g/mol. The quantitative estimate of drug-likeness (QED) is 0.163. The van der Waals surface area contributed by atoms with Crippen LogP contribution in [0.5, 0.6) is 0 Å². The average Bonchev–Trinajstić information content (AvgIpc) is 3.68. The highest BCUT2D eigenvalue weighted by Gasteiger charge is 2.17. The van der Waals surface area contributed by atoms with Crippen LogP contribution in [0.2, 0.25) is 0 Å². The van der Waals surface area contributed by atoms with E-state index in [2.05, 4.69) is 115 Å². The molecule has 4 nitrogen and oxygen atoms in total. The lowest BCUT2D eigenvalue weighted by molar-refractivity contribution is 1.07. The zero-order chi connectivity index (χ0) is 35.1. The van der Waals surface area contributed by atoms with Gasteiger partial charge in [-0.05, 0) is 80.2 Å². The molecule has 8 aromatic carbocycles. The first-order valence-electron chi connectivity index (χ1n) is 17.6. The van der Waals surface area contributed by atoms with Crippen LogP contribution >= 0.6 is 11.3 Å². The molecule has 0 spiro atoms. The molecule has 10 aromatic rings. The van der Waals surface area contributed by atoms with E-state index in [1.165, 1.54) is 21.5 Å². The maximum atomic E-state index is 5.14. The first kappa shape index (κ1) is 31.0. The zero-order valence-electron chi connectivity index (χ0n) is 28.5. The largest absolute Gasteiger partial charge is 0.236 e. The second-order valence-corrected chi connectivity index (χ2v) is 14.1. The van der Waals surface area contributed by atoms with Gasteiger partial charge in [-0.1, -0.05) is 146 Å². The lowest BCUT2D eigenvalue weighted by Gasteiger charge is -2.15. The summed E-state index contributed by atoms with van der Waals surface area (Å²) in [5.41, 5.74) is 9.35. The molecule has 0 fully saturated rings. The number of hydrogen-bond donors (Lipinski definition) is 0. The van der Waals surface area contributed by atoms with Crippen LogP contribution in [-0.2, 0) is 0 Å². The third-order valence-corrected chi connectivity index (χ3v) is 10.8. The summed E-state index contributed by atoms with van der Waals surface area (Å²) in [6.45, 7) is 0. The molecule has 0 unspecified atom stereocenters. The molecule has 248 valence electrons. The summed E-state index contributed by atoms with van der Waals surface area (Å²) in [7, 11) is 0. The van der Waals surface area contributed by atoms with Gasteiger partial charge in [0.1, 0.15) is 5.01 Å². The van der Waals surface area contributed by atoms with Crippen LogP contribution in [0.15, 0.2) is 182 Å². The maximum absolute atomic E-state index is 5.14. The molecule has 0 saturated carbocycles. The van der Waals surface area contributed by atoms with Gasteiger partial charge < -0.3 is 0 Å². The third-order valence-electron chi connectivity index (χ3n) is 9.71. The molecule has 0 aliphatic heterocycles. The number of aromatic nitrogens is 4. The number of nitrogens with zero attached hydrogens (tertiary/aromatic N) is 4. The van der Waals surface area contributed by atoms with E-state index in [4.69, 9.17) is 19.9 Å². The van der Waals surface area contributed by atoms with Gasteiger partial charge in [-0.3, -0.25) is 0 Å². The van der Waals surface area contributed by atoms with Crippen molar-refractivity contribution in [2.45, 2.75) is 0 Å². The molecule has 0 aliphatic rings. The van der Waals surface area contributed by atoms with E-state index >= 15 is 0 Å². The van der Waals surface area contributed by atoms with Crippen LogP contribution in [0, 0.1) is 0 Å². The van der Waals surface area contributed by atoms with Crippen molar-refractivity contribution in [2.24, 2.45) is 0 Å². The standard InChI is InChI=1S/C48H30N4S/c1-4-14-31(15-5-1)45-50-46(32-16-6-2-7-17-32)52-47(51-45)38-27-36(34-24-25-43-44(30-34)53-48(49-43)33-18-8-3-9-19-33)26-37(28-38)42-29-35-20-10-11-21-39(35)40-22-12-13-23-41(40)42/h1-30H. The molecule has 0 N–H and O–H groups in total. The Morgan fingerprint density at radius 2 is 0.849 bits per heavy atom. The van der Waals surface area contributed by atoms with Gasteiger partial charge in [0, 0.05) is 22.3 Å². The predicted molar refractivity (Wildman–Crippen MR) is 221 cm³/mol. The van der Waals surface area contributed by atoms with E-state index in [0.29, 0.717) is 17.5 Å². The van der Waals surface area contributed by atoms with Gasteiger partial charge in [-0.2, -0.15) is 0 Å². The summed E-state index contributed by atoms with van der Waals surface area (Å²) in [6.07, 6.45) is 0. The summed E-state index contributed by atoms with van der Waals surface area (Å²) in [5.74, 6) is 1.89. The fraction of sp³-hybridized carbons (Fsp3) is 0. The summed E-state index contributed by atoms with van der Waals surface area (Å²) in [4.78, 5) is 20.2. The second-order valence-electron chi connectivity index (χ2n) is 13.1. The topological polar surface area (TPSA) is 51.6 Å². The van der Waals surface area contributed by atoms with Crippen LogP contribution in [0.25, 0.3) is 98.7 Å². The summed E-state index contributed by atoms with van der Waals surface area (Å²) >= 11 is 1.72. The van der Waals surface area contributed by atoms with E-state index in [9.17, 15) is 0 Å². The van der Waals surface area contributed by atoms with Crippen LogP contribution in [0.1, 0.15) is 0 Å². The summed E-state index contributed by atoms with van der Waals surface area (Å²) in [6, 6.07) is 63.6. The Hall–Kier alpha value is -6.82. The Morgan fingerprint density at radius 1 is 0.321 bits per heavy atom. The summed E-state index contributed by atoms with van der Waals surface area (Å²) < 4.78 is 1.14. The first-order chi connectivity index (χ1) is 26.2. The number of hydrogen-bond acceptors (Lipinski definition) is 5. The molecule has 0 amide bonds. The zero-order valence-corrected chi connectivity index (χ0v) is 29.3. The van der Waals surface area contributed by atoms with Crippen molar-refractivity contribution in [1.29, 1.82) is 0 Å². The Bertz CT molecular complexity index is 2880. The number of fused-ring (bicyclic) bond motifs is 4. The van der Waals surface area contributed by atoms with Crippen molar-refractivity contribution in [1.82, 2.24) is 19.9 Å². The highest BCUT2D eigenvalue weighted by atomic mass is 32.1. The third kappa shape index (κ3) is 5.83. The van der Waals surface area contributed by atoms with Crippen molar-refractivity contribution >= 4 is 43.1 Å². The highest BCUT2D eigenvalue weighted by molar-refractivity contribution is 7.21. The smallest absolute Gasteiger partial charge is 0.164 e. The molecule has 0 radical (unpaired) electrons. The van der Waals surface area contributed by atoms with E-state index in [-0.39, 0.29) is 0 Å². The molecule has 53 heavy (non-hydrogen) atoms. The molecule has 0 saturated heterocycles. The van der Waals surface area contributed by atoms with Crippen LogP contribution in [0.3, 0.4) is 0 Å². The summed E-state index contributed by atoms with van der Waals surface area (Å²) in [5, 5.41) is 5.88. The van der Waals surface area contributed by atoms with Crippen LogP contribution in [0.4, 0.5) is 0 Å². The Morgan fingerprint density at radius 3 is 1.53 bits per heavy atom. The van der Waals surface area contributed by atoms with E-state index in [0.717, 1.165) is 59.7 Å². The normalized spacial score (nSPS) is 11.4. The SMILES string of the molecule is c1ccc(-c2nc(-c3ccccc3)nc(-c3cc(-c4ccc5nc(-c6ccccc6)sc5c4)cc(-c4cc5ccccc5c5ccccc45)c3)n2)cc1. The molecule has 5 heteroatoms. The van der Waals surface area contributed by atoms with E-state index in [1.807, 2.05) is 66.7 Å². The van der Waals surface area contributed by atoms with Gasteiger partial charge in [0.2, 0.25) is 0 Å². The molecular weight excluding hydrogens is 665 g/mol. The van der Waals surface area contributed by atoms with E-state index in [1.54, 1.807) is 11.3 Å². The minimum Gasteiger partial charge on any atom is -0.236 e. The monoisotopic (exact) mass is 694 g/mol. The van der Waals surface area contributed by atoms with Gasteiger partial charge in [-0.25, -0.2) is 19.9 Å². The Labute approximate surface area is 310 Å². The van der Waals surface area contributed by atoms with Gasteiger partial charge in [0.05, 0.1) is 10.2 Å². The van der Waals surface area contributed by atoms with Crippen LogP contribution in [-0.4, -0.2) is 19.9 Å². The Balaban J connectivity index is 1.22. The molecular formula is C48H30N4S. The maximum Gasteiger partial charge on any atom is 0.164 e. The van der Waals surface area contributed by atoms with Crippen molar-refractivity contribution in [3.8, 4) is 67.0 Å². The minimum atomic E-state index is 0.621. The molecule has 0 aliphatic carbocycles. The van der Waals surface area contributed by atoms with Crippen molar-refractivity contribution in [2.75, 3.05) is 0 Å². The van der Waals surface area contributed by atoms with Crippen molar-refractivity contribution in [3.05, 3.63) is 182 Å². The minimum absolute atomic E-state index is 0.621. The fourth-order valence-electron chi connectivity index (χ4n) is 7.12. The molecule has 10 rings (SSSR count). The van der Waals surface area contributed by atoms with Gasteiger partial charge in [0.25, 0.3) is 0 Å². The van der Waals surface area contributed by atoms with E-state index < -0.39 is 0 Å². The molecule has 0 bridgehead atoms. The van der Waals surface area contributed by atoms with Gasteiger partial charge in [-0.15, -0.1) is 11.3 Å². The highest BCUT2D eigenvalue weighted by Crippen LogP contribution is 2.40. The van der Waals surface area contributed by atoms with Crippen molar-refractivity contribution in [3.63, 3.8) is 0 Å². The number of rotatable bonds is 6. The van der Waals surface area contributed by atoms with Gasteiger partial charge >= 0.3 is 0 Å². The first-order valence-corrected chi connectivity index (χ1v) is 18.4. The lowest BCUT2D eigenvalue weighted by Crippen LogP contribution is -2.00.